The van der Waals surface area contributed by atoms with Crippen molar-refractivity contribution in [3.63, 3.8) is 0 Å². The Kier molecular flexibility index (Phi) is 2.82. The molecule has 2 atom stereocenters. The van der Waals surface area contributed by atoms with Crippen LogP contribution in [0.15, 0.2) is 35.3 Å². The van der Waals surface area contributed by atoms with Gasteiger partial charge in [0.2, 0.25) is 0 Å². The summed E-state index contributed by atoms with van der Waals surface area (Å²) in [5, 5.41) is 3.03. The van der Waals surface area contributed by atoms with Crippen LogP contribution in [0, 0.1) is 0 Å². The average molecular weight is 323 g/mol. The molecular weight excluding hydrogens is 308 g/mol. The first-order valence-corrected chi connectivity index (χ1v) is 7.01. The molecule has 100 valence electrons. The standard InChI is InChI=1S/C14H15BrN2O2/c1-3-7-17-13(18)16-11-8-14(17,2)19-12-9(11)5-4-6-10(12)15/h3-6,11H,1,7-8H2,2H3,(H,16,18). The Balaban J connectivity index is 2.08. The van der Waals surface area contributed by atoms with E-state index in [1.54, 1.807) is 11.0 Å². The molecule has 19 heavy (non-hydrogen) atoms. The summed E-state index contributed by atoms with van der Waals surface area (Å²) in [6.45, 7) is 6.12. The molecule has 0 aliphatic carbocycles. The molecule has 1 N–H and O–H groups in total. The summed E-state index contributed by atoms with van der Waals surface area (Å²) >= 11 is 3.51. The predicted molar refractivity (Wildman–Crippen MR) is 76.0 cm³/mol. The molecule has 2 heterocycles. The van der Waals surface area contributed by atoms with Gasteiger partial charge in [0.15, 0.2) is 5.72 Å². The quantitative estimate of drug-likeness (QED) is 0.849. The average Bonchev–Trinajstić information content (AvgIpc) is 2.36. The van der Waals surface area contributed by atoms with Gasteiger partial charge in [-0.2, -0.15) is 0 Å². The van der Waals surface area contributed by atoms with Gasteiger partial charge < -0.3 is 10.1 Å². The lowest BCUT2D eigenvalue weighted by molar-refractivity contribution is -0.0793. The summed E-state index contributed by atoms with van der Waals surface area (Å²) in [6, 6.07) is 5.79. The lowest BCUT2D eigenvalue weighted by atomic mass is 9.90. The van der Waals surface area contributed by atoms with Crippen LogP contribution in [0.5, 0.6) is 5.75 Å². The van der Waals surface area contributed by atoms with Crippen LogP contribution in [-0.2, 0) is 0 Å². The van der Waals surface area contributed by atoms with E-state index in [9.17, 15) is 4.79 Å². The number of benzene rings is 1. The number of nitrogens with one attached hydrogen (secondary N) is 1. The van der Waals surface area contributed by atoms with Gasteiger partial charge in [0.25, 0.3) is 0 Å². The zero-order valence-electron chi connectivity index (χ0n) is 10.6. The molecule has 2 aliphatic rings. The largest absolute Gasteiger partial charge is 0.466 e. The number of para-hydroxylation sites is 1. The van der Waals surface area contributed by atoms with Gasteiger partial charge in [0.05, 0.1) is 10.5 Å². The van der Waals surface area contributed by atoms with Crippen LogP contribution < -0.4 is 10.1 Å². The van der Waals surface area contributed by atoms with E-state index < -0.39 is 5.72 Å². The molecule has 1 saturated heterocycles. The number of hydrogen-bond acceptors (Lipinski definition) is 2. The SMILES string of the molecule is C=CCN1C(=O)NC2CC1(C)Oc1c(Br)cccc12. The molecule has 4 nitrogen and oxygen atoms in total. The van der Waals surface area contributed by atoms with Crippen molar-refractivity contribution >= 4 is 22.0 Å². The van der Waals surface area contributed by atoms with Crippen molar-refractivity contribution in [2.24, 2.45) is 0 Å². The first-order valence-electron chi connectivity index (χ1n) is 6.21. The summed E-state index contributed by atoms with van der Waals surface area (Å²) in [5.74, 6) is 0.815. The first kappa shape index (κ1) is 12.5. The number of fused-ring (bicyclic) bond motifs is 4. The Labute approximate surface area is 120 Å². The van der Waals surface area contributed by atoms with Crippen LogP contribution in [0.25, 0.3) is 0 Å². The zero-order chi connectivity index (χ0) is 13.6. The van der Waals surface area contributed by atoms with Crippen LogP contribution in [0.3, 0.4) is 0 Å². The van der Waals surface area contributed by atoms with Gasteiger partial charge in [-0.15, -0.1) is 6.58 Å². The molecule has 3 rings (SSSR count). The third-order valence-corrected chi connectivity index (χ3v) is 4.33. The highest BCUT2D eigenvalue weighted by Gasteiger charge is 2.48. The monoisotopic (exact) mass is 322 g/mol. The number of rotatable bonds is 2. The minimum atomic E-state index is -0.627. The van der Waals surface area contributed by atoms with E-state index in [4.69, 9.17) is 4.74 Å². The van der Waals surface area contributed by atoms with Crippen LogP contribution >= 0.6 is 15.9 Å². The minimum absolute atomic E-state index is 0.000171. The molecule has 0 saturated carbocycles. The van der Waals surface area contributed by atoms with E-state index in [1.165, 1.54) is 0 Å². The summed E-state index contributed by atoms with van der Waals surface area (Å²) in [5.41, 5.74) is 0.399. The molecule has 1 fully saturated rings. The van der Waals surface area contributed by atoms with Gasteiger partial charge in [0.1, 0.15) is 5.75 Å². The third-order valence-electron chi connectivity index (χ3n) is 3.70. The fourth-order valence-corrected chi connectivity index (χ4v) is 3.26. The Morgan fingerprint density at radius 2 is 2.47 bits per heavy atom. The second kappa shape index (κ2) is 4.27. The van der Waals surface area contributed by atoms with Crippen molar-refractivity contribution in [2.75, 3.05) is 6.54 Å². The summed E-state index contributed by atoms with van der Waals surface area (Å²) in [7, 11) is 0. The molecule has 2 bridgehead atoms. The highest BCUT2D eigenvalue weighted by Crippen LogP contribution is 2.46. The van der Waals surface area contributed by atoms with Crippen LogP contribution in [0.4, 0.5) is 4.79 Å². The van der Waals surface area contributed by atoms with E-state index in [-0.39, 0.29) is 12.1 Å². The summed E-state index contributed by atoms with van der Waals surface area (Å²) < 4.78 is 7.04. The topological polar surface area (TPSA) is 41.6 Å². The van der Waals surface area contributed by atoms with Crippen molar-refractivity contribution < 1.29 is 9.53 Å². The lowest BCUT2D eigenvalue weighted by Gasteiger charge is -2.50. The molecule has 0 aromatic heterocycles. The first-order chi connectivity index (χ1) is 9.05. The van der Waals surface area contributed by atoms with Gasteiger partial charge in [-0.05, 0) is 28.9 Å². The number of hydrogen-bond donors (Lipinski definition) is 1. The second-order valence-corrected chi connectivity index (χ2v) is 5.90. The Bertz CT molecular complexity index is 560. The van der Waals surface area contributed by atoms with E-state index in [0.717, 1.165) is 22.2 Å². The molecule has 2 unspecified atom stereocenters. The molecule has 0 radical (unpaired) electrons. The van der Waals surface area contributed by atoms with Crippen molar-refractivity contribution in [3.8, 4) is 5.75 Å². The predicted octanol–water partition coefficient (Wildman–Crippen LogP) is 3.20. The lowest BCUT2D eigenvalue weighted by Crippen LogP contribution is -2.64. The highest BCUT2D eigenvalue weighted by atomic mass is 79.9. The van der Waals surface area contributed by atoms with Crippen molar-refractivity contribution in [2.45, 2.75) is 25.1 Å². The summed E-state index contributed by atoms with van der Waals surface area (Å²) in [6.07, 6.45) is 2.44. The second-order valence-electron chi connectivity index (χ2n) is 5.04. The fourth-order valence-electron chi connectivity index (χ4n) is 2.80. The normalized spacial score (nSPS) is 28.2. The third kappa shape index (κ3) is 1.84. The highest BCUT2D eigenvalue weighted by molar-refractivity contribution is 9.10. The van der Waals surface area contributed by atoms with Crippen LogP contribution in [0.1, 0.15) is 24.9 Å². The van der Waals surface area contributed by atoms with Gasteiger partial charge >= 0.3 is 6.03 Å². The van der Waals surface area contributed by atoms with Gasteiger partial charge in [-0.1, -0.05) is 18.2 Å². The van der Waals surface area contributed by atoms with E-state index in [1.807, 2.05) is 25.1 Å². The number of ether oxygens (including phenoxy) is 1. The van der Waals surface area contributed by atoms with Crippen LogP contribution in [-0.4, -0.2) is 23.2 Å². The van der Waals surface area contributed by atoms with Gasteiger partial charge in [-0.3, -0.25) is 4.90 Å². The fraction of sp³-hybridized carbons (Fsp3) is 0.357. The maximum atomic E-state index is 12.2. The molecule has 0 spiro atoms. The maximum Gasteiger partial charge on any atom is 0.321 e. The van der Waals surface area contributed by atoms with E-state index >= 15 is 0 Å². The number of carbonyl (C=O) groups excluding carboxylic acids is 1. The number of urea groups is 1. The number of nitrogens with zero attached hydrogens (tertiary/aromatic N) is 1. The number of carbonyl (C=O) groups is 1. The van der Waals surface area contributed by atoms with Gasteiger partial charge in [-0.25, -0.2) is 4.79 Å². The molecule has 1 aromatic carbocycles. The minimum Gasteiger partial charge on any atom is -0.466 e. The molecule has 1 aromatic rings. The number of amides is 2. The van der Waals surface area contributed by atoms with Crippen molar-refractivity contribution in [1.29, 1.82) is 0 Å². The van der Waals surface area contributed by atoms with E-state index in [0.29, 0.717) is 6.54 Å². The maximum absolute atomic E-state index is 12.2. The Hall–Kier alpha value is -1.49. The van der Waals surface area contributed by atoms with E-state index in [2.05, 4.69) is 27.8 Å². The molecular formula is C14H15BrN2O2. The number of halogens is 1. The Morgan fingerprint density at radius 1 is 1.68 bits per heavy atom. The van der Waals surface area contributed by atoms with Crippen molar-refractivity contribution in [3.05, 3.63) is 40.9 Å². The molecule has 2 aliphatic heterocycles. The molecule has 5 heteroatoms. The van der Waals surface area contributed by atoms with Gasteiger partial charge in [0, 0.05) is 18.5 Å². The smallest absolute Gasteiger partial charge is 0.321 e. The zero-order valence-corrected chi connectivity index (χ0v) is 12.2. The van der Waals surface area contributed by atoms with Crippen molar-refractivity contribution in [1.82, 2.24) is 10.2 Å². The summed E-state index contributed by atoms with van der Waals surface area (Å²) in [4.78, 5) is 13.9. The van der Waals surface area contributed by atoms with Crippen LogP contribution in [0.2, 0.25) is 0 Å². The molecule has 2 amide bonds. The Morgan fingerprint density at radius 3 is 3.21 bits per heavy atom.